The van der Waals surface area contributed by atoms with Crippen molar-refractivity contribution in [2.24, 2.45) is 0 Å². The minimum Gasteiger partial charge on any atom is -0.380 e. The van der Waals surface area contributed by atoms with Gasteiger partial charge in [-0.05, 0) is 36.8 Å². The van der Waals surface area contributed by atoms with Crippen LogP contribution in [0.5, 0.6) is 0 Å². The Balaban J connectivity index is 1.99. The van der Waals surface area contributed by atoms with Crippen LogP contribution in [0.1, 0.15) is 22.2 Å². The van der Waals surface area contributed by atoms with E-state index in [2.05, 4.69) is 30.3 Å². The predicted octanol–water partition coefficient (Wildman–Crippen LogP) is 3.90. The first-order chi connectivity index (χ1) is 8.31. The van der Waals surface area contributed by atoms with E-state index in [9.17, 15) is 0 Å². The van der Waals surface area contributed by atoms with E-state index in [0.717, 1.165) is 24.2 Å². The Morgan fingerprint density at radius 1 is 1.24 bits per heavy atom. The van der Waals surface area contributed by atoms with Gasteiger partial charge >= 0.3 is 0 Å². The van der Waals surface area contributed by atoms with E-state index in [-0.39, 0.29) is 0 Å². The van der Waals surface area contributed by atoms with Crippen LogP contribution in [0.3, 0.4) is 0 Å². The molecule has 0 unspecified atom stereocenters. The lowest BCUT2D eigenvalue weighted by molar-refractivity contribution is 1.19. The molecule has 0 fully saturated rings. The maximum absolute atomic E-state index is 5.37. The van der Waals surface area contributed by atoms with Crippen molar-refractivity contribution in [1.82, 2.24) is 0 Å². The number of terminal acetylenes is 1. The molecule has 86 valence electrons. The minimum absolute atomic E-state index is 0.860. The molecule has 0 atom stereocenters. The van der Waals surface area contributed by atoms with Gasteiger partial charge < -0.3 is 5.32 Å². The fraction of sp³-hybridized carbons (Fsp3) is 0.200. The summed E-state index contributed by atoms with van der Waals surface area (Å²) in [5, 5.41) is 3.39. The van der Waals surface area contributed by atoms with Crippen molar-refractivity contribution in [3.63, 3.8) is 0 Å². The van der Waals surface area contributed by atoms with E-state index in [1.165, 1.54) is 9.75 Å². The Hall–Kier alpha value is -1.72. The summed E-state index contributed by atoms with van der Waals surface area (Å²) in [5.41, 5.74) is 1.99. The van der Waals surface area contributed by atoms with Crippen molar-refractivity contribution in [1.29, 1.82) is 0 Å². The molecular formula is C15H15NS. The quantitative estimate of drug-likeness (QED) is 0.800. The summed E-state index contributed by atoms with van der Waals surface area (Å²) in [7, 11) is 0. The zero-order valence-electron chi connectivity index (χ0n) is 9.86. The maximum Gasteiger partial charge on any atom is 0.0494 e. The molecule has 0 bridgehead atoms. The number of benzene rings is 1. The van der Waals surface area contributed by atoms with Crippen LogP contribution in [0.15, 0.2) is 36.4 Å². The molecule has 17 heavy (non-hydrogen) atoms. The molecule has 0 aliphatic heterocycles. The van der Waals surface area contributed by atoms with Gasteiger partial charge in [0.15, 0.2) is 0 Å². The van der Waals surface area contributed by atoms with Crippen LogP contribution < -0.4 is 5.32 Å². The summed E-state index contributed by atoms with van der Waals surface area (Å²) < 4.78 is 0. The molecule has 0 amide bonds. The summed E-state index contributed by atoms with van der Waals surface area (Å²) in [6.07, 6.45) is 6.48. The zero-order chi connectivity index (χ0) is 12.1. The molecule has 0 aliphatic carbocycles. The molecule has 1 nitrogen and oxygen atoms in total. The average molecular weight is 241 g/mol. The second-order valence-electron chi connectivity index (χ2n) is 3.80. The van der Waals surface area contributed by atoms with Gasteiger partial charge in [0.25, 0.3) is 0 Å². The van der Waals surface area contributed by atoms with Gasteiger partial charge in [-0.2, -0.15) is 0 Å². The molecule has 2 rings (SSSR count). The van der Waals surface area contributed by atoms with Crippen molar-refractivity contribution >= 4 is 17.0 Å². The Bertz CT molecular complexity index is 534. The first-order valence-electron chi connectivity index (χ1n) is 5.70. The van der Waals surface area contributed by atoms with Gasteiger partial charge in [0.05, 0.1) is 0 Å². The van der Waals surface area contributed by atoms with E-state index < -0.39 is 0 Å². The molecule has 0 saturated heterocycles. The van der Waals surface area contributed by atoms with E-state index in [1.807, 2.05) is 35.6 Å². The second kappa shape index (κ2) is 5.56. The Labute approximate surface area is 107 Å². The fourth-order valence-electron chi connectivity index (χ4n) is 1.62. The number of hydrogen-bond donors (Lipinski definition) is 1. The maximum atomic E-state index is 5.37. The summed E-state index contributed by atoms with van der Waals surface area (Å²) in [5.74, 6) is 2.64. The highest BCUT2D eigenvalue weighted by Gasteiger charge is 1.99. The number of aryl methyl sites for hydroxylation is 1. The molecule has 2 aromatic rings. The normalized spacial score (nSPS) is 9.88. The lowest BCUT2D eigenvalue weighted by Crippen LogP contribution is -1.97. The van der Waals surface area contributed by atoms with Gasteiger partial charge in [-0.1, -0.05) is 18.9 Å². The Morgan fingerprint density at radius 2 is 2.06 bits per heavy atom. The van der Waals surface area contributed by atoms with Gasteiger partial charge in [-0.25, -0.2) is 0 Å². The monoisotopic (exact) mass is 241 g/mol. The number of anilines is 1. The smallest absolute Gasteiger partial charge is 0.0494 e. The number of hydrogen-bond acceptors (Lipinski definition) is 2. The topological polar surface area (TPSA) is 12.0 Å². The average Bonchev–Trinajstić information content (AvgIpc) is 2.84. The molecular weight excluding hydrogens is 226 g/mol. The number of thiophene rings is 1. The summed E-state index contributed by atoms with van der Waals surface area (Å²) in [6.45, 7) is 3.04. The van der Waals surface area contributed by atoms with Gasteiger partial charge in [-0.3, -0.25) is 0 Å². The molecule has 0 saturated carbocycles. The van der Waals surface area contributed by atoms with E-state index >= 15 is 0 Å². The largest absolute Gasteiger partial charge is 0.380 e. The first-order valence-corrected chi connectivity index (χ1v) is 6.51. The number of rotatable bonds is 4. The van der Waals surface area contributed by atoms with E-state index in [1.54, 1.807) is 0 Å². The van der Waals surface area contributed by atoms with Crippen LogP contribution in [0, 0.1) is 12.3 Å². The third-order valence-electron chi connectivity index (χ3n) is 2.56. The molecule has 0 radical (unpaired) electrons. The van der Waals surface area contributed by atoms with Gasteiger partial charge in [0, 0.05) is 27.5 Å². The van der Waals surface area contributed by atoms with Crippen LogP contribution in [-0.4, -0.2) is 0 Å². The van der Waals surface area contributed by atoms with Crippen molar-refractivity contribution in [3.8, 4) is 12.3 Å². The first kappa shape index (κ1) is 11.8. The van der Waals surface area contributed by atoms with Crippen LogP contribution >= 0.6 is 11.3 Å². The molecule has 1 heterocycles. The third kappa shape index (κ3) is 3.12. The second-order valence-corrected chi connectivity index (χ2v) is 5.05. The lowest BCUT2D eigenvalue weighted by Gasteiger charge is -2.04. The van der Waals surface area contributed by atoms with Crippen LogP contribution in [0.2, 0.25) is 0 Å². The molecule has 1 N–H and O–H groups in total. The van der Waals surface area contributed by atoms with Crippen molar-refractivity contribution in [2.75, 3.05) is 5.32 Å². The molecule has 1 aromatic carbocycles. The number of nitrogens with one attached hydrogen (secondary N) is 1. The molecule has 2 heteroatoms. The summed E-state index contributed by atoms with van der Waals surface area (Å²) >= 11 is 1.86. The highest BCUT2D eigenvalue weighted by molar-refractivity contribution is 7.12. The zero-order valence-corrected chi connectivity index (χ0v) is 10.7. The van der Waals surface area contributed by atoms with Crippen molar-refractivity contribution in [3.05, 3.63) is 51.7 Å². The summed E-state index contributed by atoms with van der Waals surface area (Å²) in [4.78, 5) is 2.78. The van der Waals surface area contributed by atoms with Crippen LogP contribution in [0.25, 0.3) is 0 Å². The molecule has 0 aliphatic rings. The standard InChI is InChI=1S/C15H15NS/c1-3-12-6-5-7-13(10-12)16-11-15-9-8-14(4-2)17-15/h1,5-10,16H,4,11H2,2H3. The predicted molar refractivity (Wildman–Crippen MR) is 75.4 cm³/mol. The Kier molecular flexibility index (Phi) is 3.85. The highest BCUT2D eigenvalue weighted by Crippen LogP contribution is 2.18. The minimum atomic E-state index is 0.860. The SMILES string of the molecule is C#Cc1cccc(NCc2ccc(CC)s2)c1. The Morgan fingerprint density at radius 3 is 2.76 bits per heavy atom. The lowest BCUT2D eigenvalue weighted by atomic mass is 10.2. The van der Waals surface area contributed by atoms with Crippen molar-refractivity contribution in [2.45, 2.75) is 19.9 Å². The summed E-state index contributed by atoms with van der Waals surface area (Å²) in [6, 6.07) is 12.3. The van der Waals surface area contributed by atoms with E-state index in [4.69, 9.17) is 6.42 Å². The van der Waals surface area contributed by atoms with Crippen molar-refractivity contribution < 1.29 is 0 Å². The van der Waals surface area contributed by atoms with Gasteiger partial charge in [0.2, 0.25) is 0 Å². The van der Waals surface area contributed by atoms with Gasteiger partial charge in [0.1, 0.15) is 0 Å². The highest BCUT2D eigenvalue weighted by atomic mass is 32.1. The molecule has 0 spiro atoms. The van der Waals surface area contributed by atoms with Crippen LogP contribution in [-0.2, 0) is 13.0 Å². The van der Waals surface area contributed by atoms with E-state index in [0.29, 0.717) is 0 Å². The third-order valence-corrected chi connectivity index (χ3v) is 3.79. The fourth-order valence-corrected chi connectivity index (χ4v) is 2.51. The van der Waals surface area contributed by atoms with Gasteiger partial charge in [-0.15, -0.1) is 17.8 Å². The van der Waals surface area contributed by atoms with Crippen LogP contribution in [0.4, 0.5) is 5.69 Å². The molecule has 1 aromatic heterocycles.